The van der Waals surface area contributed by atoms with Gasteiger partial charge in [-0.15, -0.1) is 0 Å². The molecule has 0 atom stereocenters. The Hall–Kier alpha value is -2.71. The molecule has 35 heavy (non-hydrogen) atoms. The Morgan fingerprint density at radius 2 is 1.77 bits per heavy atom. The van der Waals surface area contributed by atoms with Crippen molar-refractivity contribution in [2.45, 2.75) is 13.2 Å². The largest absolute Gasteiger partial charge is 0.493 e. The van der Waals surface area contributed by atoms with E-state index in [1.54, 1.807) is 48.5 Å². The highest BCUT2D eigenvalue weighted by Crippen LogP contribution is 2.36. The quantitative estimate of drug-likeness (QED) is 0.282. The molecule has 0 aliphatic carbocycles. The van der Waals surface area contributed by atoms with Crippen LogP contribution in [0.25, 0.3) is 6.08 Å². The number of hydrogen-bond donors (Lipinski definition) is 0. The van der Waals surface area contributed by atoms with Gasteiger partial charge in [0.2, 0.25) is 0 Å². The van der Waals surface area contributed by atoms with Gasteiger partial charge in [0.1, 0.15) is 12.4 Å². The minimum atomic E-state index is -0.468. The number of carbonyl (C=O) groups excluding carboxylic acids is 2. The highest BCUT2D eigenvalue weighted by Gasteiger charge is 2.35. The van der Waals surface area contributed by atoms with Crippen LogP contribution in [0.1, 0.15) is 16.7 Å². The van der Waals surface area contributed by atoms with E-state index in [4.69, 9.17) is 44.3 Å². The first-order valence-electron chi connectivity index (χ1n) is 10.2. The Bertz CT molecular complexity index is 1330. The number of halogens is 4. The molecule has 0 radical (unpaired) electrons. The first-order chi connectivity index (χ1) is 16.8. The van der Waals surface area contributed by atoms with Crippen LogP contribution >= 0.6 is 46.6 Å². The van der Waals surface area contributed by atoms with Gasteiger partial charge in [-0.25, -0.2) is 4.39 Å². The lowest BCUT2D eigenvalue weighted by molar-refractivity contribution is -0.123. The van der Waals surface area contributed by atoms with E-state index in [9.17, 15) is 14.0 Å². The Kier molecular flexibility index (Phi) is 7.91. The molecule has 0 bridgehead atoms. The predicted molar refractivity (Wildman–Crippen MR) is 137 cm³/mol. The van der Waals surface area contributed by atoms with E-state index in [1.165, 1.54) is 19.2 Å². The summed E-state index contributed by atoms with van der Waals surface area (Å²) < 4.78 is 25.1. The average molecular weight is 553 g/mol. The smallest absolute Gasteiger partial charge is 0.293 e. The van der Waals surface area contributed by atoms with Crippen molar-refractivity contribution in [3.63, 3.8) is 0 Å². The van der Waals surface area contributed by atoms with Crippen molar-refractivity contribution in [1.29, 1.82) is 0 Å². The maximum Gasteiger partial charge on any atom is 0.293 e. The number of rotatable bonds is 7. The van der Waals surface area contributed by atoms with E-state index in [0.29, 0.717) is 32.7 Å². The maximum absolute atomic E-state index is 14.0. The molecule has 5 nitrogen and oxygen atoms in total. The summed E-state index contributed by atoms with van der Waals surface area (Å²) in [6.45, 7) is -0.0115. The minimum absolute atomic E-state index is 0.0770. The van der Waals surface area contributed by atoms with Gasteiger partial charge in [0, 0.05) is 5.56 Å². The standard InChI is InChI=1S/C25H17Cl3FNO4S/c1-33-22-10-14(6-8-21(22)34-13-16-17(26)3-2-4-20(16)29)11-23-24(31)30(25(32)35-23)12-15-5-7-18(27)19(28)9-15/h2-11H,12-13H2,1H3/b23-11-. The highest BCUT2D eigenvalue weighted by atomic mass is 35.5. The zero-order valence-electron chi connectivity index (χ0n) is 18.2. The predicted octanol–water partition coefficient (Wildman–Crippen LogP) is 7.61. The number of benzene rings is 3. The number of ether oxygens (including phenoxy) is 2. The van der Waals surface area contributed by atoms with Crippen molar-refractivity contribution in [3.05, 3.63) is 97.1 Å². The van der Waals surface area contributed by atoms with Gasteiger partial charge in [0.05, 0.1) is 33.6 Å². The molecule has 0 saturated carbocycles. The van der Waals surface area contributed by atoms with E-state index >= 15 is 0 Å². The third-order valence-electron chi connectivity index (χ3n) is 5.12. The zero-order valence-corrected chi connectivity index (χ0v) is 21.3. The van der Waals surface area contributed by atoms with Gasteiger partial charge < -0.3 is 9.47 Å². The summed E-state index contributed by atoms with van der Waals surface area (Å²) >= 11 is 18.9. The zero-order chi connectivity index (χ0) is 25.1. The fraction of sp³-hybridized carbons (Fsp3) is 0.120. The lowest BCUT2D eigenvalue weighted by Crippen LogP contribution is -2.27. The van der Waals surface area contributed by atoms with Crippen molar-refractivity contribution in [3.8, 4) is 11.5 Å². The van der Waals surface area contributed by atoms with E-state index < -0.39 is 11.7 Å². The number of methoxy groups -OCH3 is 1. The molecule has 2 amide bonds. The number of hydrogen-bond acceptors (Lipinski definition) is 5. The second kappa shape index (κ2) is 10.9. The average Bonchev–Trinajstić information content (AvgIpc) is 3.09. The van der Waals surface area contributed by atoms with Crippen molar-refractivity contribution in [2.24, 2.45) is 0 Å². The lowest BCUT2D eigenvalue weighted by Gasteiger charge is -2.13. The van der Waals surface area contributed by atoms with Gasteiger partial charge in [-0.05, 0) is 65.4 Å². The fourth-order valence-electron chi connectivity index (χ4n) is 3.32. The first kappa shape index (κ1) is 25.4. The van der Waals surface area contributed by atoms with Crippen LogP contribution in [0.4, 0.5) is 9.18 Å². The molecule has 1 aliphatic heterocycles. The molecule has 3 aromatic rings. The fourth-order valence-corrected chi connectivity index (χ4v) is 4.70. The van der Waals surface area contributed by atoms with Crippen LogP contribution < -0.4 is 9.47 Å². The Balaban J connectivity index is 1.50. The monoisotopic (exact) mass is 551 g/mol. The highest BCUT2D eigenvalue weighted by molar-refractivity contribution is 8.18. The molecule has 0 N–H and O–H groups in total. The molecule has 1 fully saturated rings. The molecule has 1 saturated heterocycles. The molecule has 1 heterocycles. The molecule has 0 aromatic heterocycles. The summed E-state index contributed by atoms with van der Waals surface area (Å²) in [5, 5.41) is 0.611. The summed E-state index contributed by atoms with van der Waals surface area (Å²) in [4.78, 5) is 26.8. The van der Waals surface area contributed by atoms with Gasteiger partial charge in [0.25, 0.3) is 11.1 Å². The molecule has 180 valence electrons. The summed E-state index contributed by atoms with van der Waals surface area (Å²) in [5.41, 5.74) is 1.54. The third kappa shape index (κ3) is 5.76. The molecular formula is C25H17Cl3FNO4S. The SMILES string of the molecule is COc1cc(/C=C2\SC(=O)N(Cc3ccc(Cl)c(Cl)c3)C2=O)ccc1OCc1c(F)cccc1Cl. The molecular weight excluding hydrogens is 536 g/mol. The van der Waals surface area contributed by atoms with Crippen molar-refractivity contribution < 1.29 is 23.5 Å². The van der Waals surface area contributed by atoms with E-state index in [-0.39, 0.29) is 33.9 Å². The maximum atomic E-state index is 14.0. The van der Waals surface area contributed by atoms with Gasteiger partial charge in [-0.3, -0.25) is 14.5 Å². The molecule has 0 spiro atoms. The van der Waals surface area contributed by atoms with Crippen LogP contribution in [0.15, 0.2) is 59.5 Å². The van der Waals surface area contributed by atoms with Crippen LogP contribution in [0, 0.1) is 5.82 Å². The molecule has 3 aromatic carbocycles. The Labute approximate surface area is 220 Å². The third-order valence-corrected chi connectivity index (χ3v) is 7.12. The van der Waals surface area contributed by atoms with Gasteiger partial charge in [-0.1, -0.05) is 53.0 Å². The number of nitrogens with zero attached hydrogens (tertiary/aromatic N) is 1. The molecule has 0 unspecified atom stereocenters. The Morgan fingerprint density at radius 3 is 2.49 bits per heavy atom. The molecule has 4 rings (SSSR count). The summed E-state index contributed by atoms with van der Waals surface area (Å²) in [6, 6.07) is 14.3. The summed E-state index contributed by atoms with van der Waals surface area (Å²) in [7, 11) is 1.47. The van der Waals surface area contributed by atoms with Crippen LogP contribution in [0.3, 0.4) is 0 Å². The van der Waals surface area contributed by atoms with Gasteiger partial charge in [-0.2, -0.15) is 0 Å². The van der Waals surface area contributed by atoms with Crippen molar-refractivity contribution in [1.82, 2.24) is 4.90 Å². The van der Waals surface area contributed by atoms with Crippen molar-refractivity contribution >= 4 is 63.8 Å². The van der Waals surface area contributed by atoms with Gasteiger partial charge >= 0.3 is 0 Å². The van der Waals surface area contributed by atoms with Gasteiger partial charge in [0.15, 0.2) is 11.5 Å². The first-order valence-corrected chi connectivity index (χ1v) is 12.1. The van der Waals surface area contributed by atoms with E-state index in [1.807, 2.05) is 0 Å². The molecule has 1 aliphatic rings. The Morgan fingerprint density at radius 1 is 0.971 bits per heavy atom. The normalized spacial score (nSPS) is 14.7. The summed E-state index contributed by atoms with van der Waals surface area (Å²) in [6.07, 6.45) is 1.60. The topological polar surface area (TPSA) is 55.8 Å². The van der Waals surface area contributed by atoms with E-state index in [0.717, 1.165) is 16.7 Å². The second-order valence-electron chi connectivity index (χ2n) is 7.42. The second-order valence-corrected chi connectivity index (χ2v) is 9.63. The lowest BCUT2D eigenvalue weighted by atomic mass is 10.1. The molecule has 10 heteroatoms. The number of thioether (sulfide) groups is 1. The number of amides is 2. The minimum Gasteiger partial charge on any atom is -0.493 e. The summed E-state index contributed by atoms with van der Waals surface area (Å²) in [5.74, 6) is -0.137. The van der Waals surface area contributed by atoms with Crippen LogP contribution in [-0.2, 0) is 17.9 Å². The number of imide groups is 1. The van der Waals surface area contributed by atoms with E-state index in [2.05, 4.69) is 0 Å². The number of carbonyl (C=O) groups is 2. The van der Waals surface area contributed by atoms with Crippen LogP contribution in [0.5, 0.6) is 11.5 Å². The van der Waals surface area contributed by atoms with Crippen molar-refractivity contribution in [2.75, 3.05) is 7.11 Å². The van der Waals surface area contributed by atoms with Crippen LogP contribution in [0.2, 0.25) is 15.1 Å². The van der Waals surface area contributed by atoms with Crippen LogP contribution in [-0.4, -0.2) is 23.2 Å².